The molecule has 1 N–H and O–H groups in total. The van der Waals surface area contributed by atoms with Crippen LogP contribution >= 0.6 is 0 Å². The first-order valence-corrected chi connectivity index (χ1v) is 6.94. The van der Waals surface area contributed by atoms with Gasteiger partial charge in [0.1, 0.15) is 5.56 Å². The maximum Gasteiger partial charge on any atom is 0.341 e. The molecule has 4 nitrogen and oxygen atoms in total. The molecule has 0 atom stereocenters. The Kier molecular flexibility index (Phi) is 4.26. The fraction of sp³-hybridized carbons (Fsp3) is 0.294. The van der Waals surface area contributed by atoms with Gasteiger partial charge in [0.05, 0.1) is 5.69 Å². The zero-order valence-electron chi connectivity index (χ0n) is 12.5. The predicted octanol–water partition coefficient (Wildman–Crippen LogP) is 3.18. The number of pyridine rings is 1. The Morgan fingerprint density at radius 2 is 1.76 bits per heavy atom. The average Bonchev–Trinajstić information content (AvgIpc) is 2.41. The third kappa shape index (κ3) is 3.21. The average molecular weight is 285 g/mol. The lowest BCUT2D eigenvalue weighted by Gasteiger charge is -2.16. The van der Waals surface area contributed by atoms with Gasteiger partial charge < -0.3 is 9.67 Å². The summed E-state index contributed by atoms with van der Waals surface area (Å²) in [6, 6.07) is 10.9. The largest absolute Gasteiger partial charge is 0.477 e. The van der Waals surface area contributed by atoms with Crippen LogP contribution in [0, 0.1) is 12.8 Å². The number of carboxylic acids is 1. The standard InChI is InChI=1S/C17H19NO3/c1-11(2)10-18-15(13-6-4-12(3)5-7-13)9-8-14(16(18)19)17(20)21/h4-9,11H,10H2,1-3H3,(H,20,21). The fourth-order valence-corrected chi connectivity index (χ4v) is 2.26. The van der Waals surface area contributed by atoms with Crippen molar-refractivity contribution in [1.82, 2.24) is 4.57 Å². The van der Waals surface area contributed by atoms with Gasteiger partial charge in [0, 0.05) is 6.54 Å². The maximum absolute atomic E-state index is 12.4. The van der Waals surface area contributed by atoms with Crippen LogP contribution in [0.5, 0.6) is 0 Å². The minimum atomic E-state index is -1.19. The molecule has 1 aromatic heterocycles. The Morgan fingerprint density at radius 3 is 2.29 bits per heavy atom. The molecule has 0 saturated heterocycles. The zero-order chi connectivity index (χ0) is 15.6. The van der Waals surface area contributed by atoms with Gasteiger partial charge in [-0.2, -0.15) is 0 Å². The summed E-state index contributed by atoms with van der Waals surface area (Å²) in [6.45, 7) is 6.49. The number of nitrogens with zero attached hydrogens (tertiary/aromatic N) is 1. The van der Waals surface area contributed by atoms with E-state index >= 15 is 0 Å². The van der Waals surface area contributed by atoms with Crippen LogP contribution in [0.1, 0.15) is 29.8 Å². The summed E-state index contributed by atoms with van der Waals surface area (Å²) in [5.41, 5.74) is 2.16. The number of carbonyl (C=O) groups is 1. The molecule has 0 radical (unpaired) electrons. The van der Waals surface area contributed by atoms with Gasteiger partial charge in [-0.3, -0.25) is 4.79 Å². The molecule has 4 heteroatoms. The Morgan fingerprint density at radius 1 is 1.14 bits per heavy atom. The van der Waals surface area contributed by atoms with E-state index in [4.69, 9.17) is 5.11 Å². The molecule has 2 aromatic rings. The normalized spacial score (nSPS) is 10.9. The van der Waals surface area contributed by atoms with Crippen LogP contribution in [0.25, 0.3) is 11.3 Å². The lowest BCUT2D eigenvalue weighted by atomic mass is 10.1. The van der Waals surface area contributed by atoms with Crippen molar-refractivity contribution in [1.29, 1.82) is 0 Å². The maximum atomic E-state index is 12.4. The Hall–Kier alpha value is -2.36. The molecular formula is C17H19NO3. The molecule has 0 aliphatic carbocycles. The molecule has 0 fully saturated rings. The van der Waals surface area contributed by atoms with Crippen molar-refractivity contribution in [3.8, 4) is 11.3 Å². The lowest BCUT2D eigenvalue weighted by Crippen LogP contribution is -2.29. The first-order chi connectivity index (χ1) is 9.90. The monoisotopic (exact) mass is 285 g/mol. The summed E-state index contributed by atoms with van der Waals surface area (Å²) < 4.78 is 1.55. The van der Waals surface area contributed by atoms with Crippen molar-refractivity contribution < 1.29 is 9.90 Å². The van der Waals surface area contributed by atoms with Gasteiger partial charge in [0.15, 0.2) is 0 Å². The summed E-state index contributed by atoms with van der Waals surface area (Å²) >= 11 is 0. The first-order valence-electron chi connectivity index (χ1n) is 6.94. The van der Waals surface area contributed by atoms with Crippen molar-refractivity contribution >= 4 is 5.97 Å². The fourth-order valence-electron chi connectivity index (χ4n) is 2.26. The van der Waals surface area contributed by atoms with Crippen LogP contribution in [-0.2, 0) is 6.54 Å². The SMILES string of the molecule is Cc1ccc(-c2ccc(C(=O)O)c(=O)n2CC(C)C)cc1. The van der Waals surface area contributed by atoms with Crippen LogP contribution in [0.15, 0.2) is 41.2 Å². The van der Waals surface area contributed by atoms with Gasteiger partial charge in [-0.05, 0) is 30.5 Å². The summed E-state index contributed by atoms with van der Waals surface area (Å²) in [4.78, 5) is 23.5. The molecule has 0 amide bonds. The smallest absolute Gasteiger partial charge is 0.341 e. The topological polar surface area (TPSA) is 59.3 Å². The van der Waals surface area contributed by atoms with E-state index in [1.54, 1.807) is 10.6 Å². The Labute approximate surface area is 123 Å². The predicted molar refractivity (Wildman–Crippen MR) is 82.7 cm³/mol. The highest BCUT2D eigenvalue weighted by Gasteiger charge is 2.15. The lowest BCUT2D eigenvalue weighted by molar-refractivity contribution is 0.0694. The van der Waals surface area contributed by atoms with Crippen LogP contribution in [0.3, 0.4) is 0 Å². The number of aryl methyl sites for hydroxylation is 1. The van der Waals surface area contributed by atoms with Crippen LogP contribution in [-0.4, -0.2) is 15.6 Å². The molecule has 0 aliphatic heterocycles. The second-order valence-electron chi connectivity index (χ2n) is 5.61. The van der Waals surface area contributed by atoms with E-state index < -0.39 is 11.5 Å². The van der Waals surface area contributed by atoms with Gasteiger partial charge in [-0.1, -0.05) is 43.7 Å². The van der Waals surface area contributed by atoms with E-state index in [1.165, 1.54) is 6.07 Å². The number of hydrogen-bond acceptors (Lipinski definition) is 2. The molecule has 0 unspecified atom stereocenters. The second kappa shape index (κ2) is 5.95. The van der Waals surface area contributed by atoms with Crippen LogP contribution in [0.2, 0.25) is 0 Å². The summed E-state index contributed by atoms with van der Waals surface area (Å²) in [5, 5.41) is 9.11. The van der Waals surface area contributed by atoms with Crippen molar-refractivity contribution in [2.75, 3.05) is 0 Å². The van der Waals surface area contributed by atoms with Crippen molar-refractivity contribution in [2.45, 2.75) is 27.3 Å². The molecule has 1 aromatic carbocycles. The molecular weight excluding hydrogens is 266 g/mol. The third-order valence-corrected chi connectivity index (χ3v) is 3.30. The number of carboxylic acid groups (broad SMARTS) is 1. The third-order valence-electron chi connectivity index (χ3n) is 3.30. The van der Waals surface area contributed by atoms with E-state index in [1.807, 2.05) is 45.0 Å². The zero-order valence-corrected chi connectivity index (χ0v) is 12.5. The molecule has 0 spiro atoms. The Bertz CT molecular complexity index is 712. The summed E-state index contributed by atoms with van der Waals surface area (Å²) in [7, 11) is 0. The van der Waals surface area contributed by atoms with Gasteiger partial charge in [-0.15, -0.1) is 0 Å². The minimum Gasteiger partial charge on any atom is -0.477 e. The second-order valence-corrected chi connectivity index (χ2v) is 5.61. The van der Waals surface area contributed by atoms with E-state index in [0.29, 0.717) is 6.54 Å². The molecule has 110 valence electrons. The molecule has 1 heterocycles. The van der Waals surface area contributed by atoms with Crippen LogP contribution < -0.4 is 5.56 Å². The van der Waals surface area contributed by atoms with Crippen LogP contribution in [0.4, 0.5) is 0 Å². The van der Waals surface area contributed by atoms with Gasteiger partial charge in [-0.25, -0.2) is 4.79 Å². The summed E-state index contributed by atoms with van der Waals surface area (Å²) in [5.74, 6) is -0.941. The Balaban J connectivity index is 2.65. The number of rotatable bonds is 4. The molecule has 21 heavy (non-hydrogen) atoms. The van der Waals surface area contributed by atoms with Gasteiger partial charge >= 0.3 is 5.97 Å². The van der Waals surface area contributed by atoms with E-state index in [2.05, 4.69) is 0 Å². The first kappa shape index (κ1) is 15.0. The van der Waals surface area contributed by atoms with E-state index in [9.17, 15) is 9.59 Å². The number of aromatic nitrogens is 1. The quantitative estimate of drug-likeness (QED) is 0.938. The minimum absolute atomic E-state index is 0.188. The number of hydrogen-bond donors (Lipinski definition) is 1. The van der Waals surface area contributed by atoms with E-state index in [0.717, 1.165) is 16.8 Å². The molecule has 2 rings (SSSR count). The van der Waals surface area contributed by atoms with Crippen molar-refractivity contribution in [2.24, 2.45) is 5.92 Å². The van der Waals surface area contributed by atoms with Crippen molar-refractivity contribution in [3.05, 3.63) is 57.9 Å². The number of benzene rings is 1. The van der Waals surface area contributed by atoms with Gasteiger partial charge in [0.25, 0.3) is 5.56 Å². The molecule has 0 saturated carbocycles. The highest BCUT2D eigenvalue weighted by atomic mass is 16.4. The van der Waals surface area contributed by atoms with Crippen molar-refractivity contribution in [3.63, 3.8) is 0 Å². The van der Waals surface area contributed by atoms with Gasteiger partial charge in [0.2, 0.25) is 0 Å². The van der Waals surface area contributed by atoms with E-state index in [-0.39, 0.29) is 11.5 Å². The highest BCUT2D eigenvalue weighted by Crippen LogP contribution is 2.20. The molecule has 0 bridgehead atoms. The highest BCUT2D eigenvalue weighted by molar-refractivity contribution is 5.87. The molecule has 0 aliphatic rings. The summed E-state index contributed by atoms with van der Waals surface area (Å²) in [6.07, 6.45) is 0. The number of aromatic carboxylic acids is 1.